The van der Waals surface area contributed by atoms with E-state index in [1.165, 1.54) is 0 Å². The van der Waals surface area contributed by atoms with Gasteiger partial charge in [-0.2, -0.15) is 0 Å². The highest BCUT2D eigenvalue weighted by atomic mass is 35.5. The van der Waals surface area contributed by atoms with Gasteiger partial charge in [-0.3, -0.25) is 14.5 Å². The fraction of sp³-hybridized carbons (Fsp3) is 0.545. The summed E-state index contributed by atoms with van der Waals surface area (Å²) in [4.78, 5) is 30.4. The number of carbonyl (C=O) groups is 2. The van der Waals surface area contributed by atoms with Crippen molar-refractivity contribution in [3.8, 4) is 0 Å². The molecule has 2 bridgehead atoms. The van der Waals surface area contributed by atoms with Gasteiger partial charge < -0.3 is 19.7 Å². The molecule has 0 saturated carbocycles. The van der Waals surface area contributed by atoms with Crippen LogP contribution in [0.15, 0.2) is 36.4 Å². The molecular formula is C22H26ClN3O4. The average Bonchev–Trinajstić information content (AvgIpc) is 3.41. The van der Waals surface area contributed by atoms with E-state index in [1.807, 2.05) is 24.3 Å². The van der Waals surface area contributed by atoms with E-state index in [-0.39, 0.29) is 17.9 Å². The number of amides is 2. The summed E-state index contributed by atoms with van der Waals surface area (Å²) in [5.41, 5.74) is 0.0651. The number of nitrogens with one attached hydrogen (secondary N) is 1. The number of nitrogens with zero attached hydrogens (tertiary/aromatic N) is 2. The molecule has 3 saturated heterocycles. The Labute approximate surface area is 180 Å². The molecule has 0 radical (unpaired) electrons. The van der Waals surface area contributed by atoms with Crippen LogP contribution in [-0.4, -0.2) is 74.4 Å². The van der Waals surface area contributed by atoms with Gasteiger partial charge in [0.1, 0.15) is 5.60 Å². The van der Waals surface area contributed by atoms with Crippen molar-refractivity contribution in [3.63, 3.8) is 0 Å². The maximum atomic E-state index is 13.3. The number of fused-ring (bicyclic) bond motifs is 1. The van der Waals surface area contributed by atoms with Gasteiger partial charge in [0, 0.05) is 30.3 Å². The van der Waals surface area contributed by atoms with E-state index in [4.69, 9.17) is 21.1 Å². The number of anilines is 1. The van der Waals surface area contributed by atoms with Gasteiger partial charge in [-0.15, -0.1) is 0 Å². The molecule has 4 aliphatic rings. The van der Waals surface area contributed by atoms with Crippen LogP contribution in [0.3, 0.4) is 0 Å². The molecule has 30 heavy (non-hydrogen) atoms. The van der Waals surface area contributed by atoms with E-state index in [2.05, 4.69) is 10.2 Å². The number of hydrogen-bond donors (Lipinski definition) is 1. The number of hydrogen-bond acceptors (Lipinski definition) is 5. The molecule has 7 nitrogen and oxygen atoms in total. The van der Waals surface area contributed by atoms with Gasteiger partial charge in [0.05, 0.1) is 37.7 Å². The topological polar surface area (TPSA) is 71.1 Å². The van der Waals surface area contributed by atoms with Crippen molar-refractivity contribution >= 4 is 29.1 Å². The van der Waals surface area contributed by atoms with Crippen molar-refractivity contribution in [2.75, 3.05) is 50.8 Å². The first kappa shape index (κ1) is 20.0. The van der Waals surface area contributed by atoms with E-state index in [0.29, 0.717) is 18.1 Å². The summed E-state index contributed by atoms with van der Waals surface area (Å²) in [6.07, 6.45) is 4.46. The highest BCUT2D eigenvalue weighted by molar-refractivity contribution is 6.30. The molecule has 1 aromatic carbocycles. The fourth-order valence-corrected chi connectivity index (χ4v) is 5.22. The second kappa shape index (κ2) is 7.96. The summed E-state index contributed by atoms with van der Waals surface area (Å²) >= 11 is 5.99. The van der Waals surface area contributed by atoms with Crippen molar-refractivity contribution in [2.45, 2.75) is 18.1 Å². The van der Waals surface area contributed by atoms with Gasteiger partial charge in [0.25, 0.3) is 0 Å². The molecule has 0 aromatic heterocycles. The minimum absolute atomic E-state index is 0.0577. The summed E-state index contributed by atoms with van der Waals surface area (Å²) in [6, 6.07) is 7.19. The van der Waals surface area contributed by atoms with Crippen LogP contribution in [0, 0.1) is 11.8 Å². The molecule has 4 heterocycles. The van der Waals surface area contributed by atoms with Crippen LogP contribution in [0.25, 0.3) is 0 Å². The zero-order chi connectivity index (χ0) is 20.7. The molecular weight excluding hydrogens is 406 g/mol. The zero-order valence-electron chi connectivity index (χ0n) is 16.8. The Morgan fingerprint density at radius 1 is 1.23 bits per heavy atom. The lowest BCUT2D eigenvalue weighted by molar-refractivity contribution is -0.131. The first-order chi connectivity index (χ1) is 14.6. The third-order valence-corrected chi connectivity index (χ3v) is 6.85. The van der Waals surface area contributed by atoms with Gasteiger partial charge in [0.15, 0.2) is 0 Å². The van der Waals surface area contributed by atoms with Crippen LogP contribution in [0.1, 0.15) is 6.42 Å². The van der Waals surface area contributed by atoms with Gasteiger partial charge in [-0.05, 0) is 37.2 Å². The summed E-state index contributed by atoms with van der Waals surface area (Å²) in [5.74, 6) is -1.12. The van der Waals surface area contributed by atoms with E-state index in [0.717, 1.165) is 45.0 Å². The molecule has 4 aliphatic heterocycles. The Hall–Kier alpha value is -1.93. The third kappa shape index (κ3) is 3.43. The Bertz CT molecular complexity index is 854. The first-order valence-electron chi connectivity index (χ1n) is 10.6. The van der Waals surface area contributed by atoms with E-state index in [9.17, 15) is 9.59 Å². The molecule has 8 heteroatoms. The number of carbonyl (C=O) groups excluding carboxylic acids is 2. The van der Waals surface area contributed by atoms with Crippen LogP contribution < -0.4 is 10.2 Å². The number of morpholine rings is 1. The quantitative estimate of drug-likeness (QED) is 0.545. The molecule has 160 valence electrons. The molecule has 1 aromatic rings. The van der Waals surface area contributed by atoms with E-state index >= 15 is 0 Å². The number of halogens is 1. The molecule has 5 rings (SSSR count). The van der Waals surface area contributed by atoms with Crippen LogP contribution in [0.5, 0.6) is 0 Å². The van der Waals surface area contributed by atoms with Crippen molar-refractivity contribution in [1.29, 1.82) is 0 Å². The van der Waals surface area contributed by atoms with Crippen LogP contribution >= 0.6 is 11.6 Å². The predicted molar refractivity (Wildman–Crippen MR) is 112 cm³/mol. The van der Waals surface area contributed by atoms with Gasteiger partial charge in [-0.25, -0.2) is 0 Å². The summed E-state index contributed by atoms with van der Waals surface area (Å²) in [5, 5.41) is 3.66. The van der Waals surface area contributed by atoms with Crippen LogP contribution in [0.4, 0.5) is 5.69 Å². The van der Waals surface area contributed by atoms with Crippen molar-refractivity contribution < 1.29 is 19.1 Å². The summed E-state index contributed by atoms with van der Waals surface area (Å²) in [6.45, 7) is 5.38. The molecule has 0 unspecified atom stereocenters. The summed E-state index contributed by atoms with van der Waals surface area (Å²) < 4.78 is 11.5. The second-order valence-corrected chi connectivity index (χ2v) is 8.84. The number of benzene rings is 1. The lowest BCUT2D eigenvalue weighted by Crippen LogP contribution is -2.45. The fourth-order valence-electron chi connectivity index (χ4n) is 5.09. The number of ether oxygens (including phenoxy) is 2. The predicted octanol–water partition coefficient (Wildman–Crippen LogP) is 1.46. The first-order valence-corrected chi connectivity index (χ1v) is 11.0. The van der Waals surface area contributed by atoms with E-state index < -0.39 is 17.4 Å². The third-order valence-electron chi connectivity index (χ3n) is 6.60. The highest BCUT2D eigenvalue weighted by Gasteiger charge is 2.67. The number of rotatable bonds is 6. The highest BCUT2D eigenvalue weighted by Crippen LogP contribution is 2.52. The molecule has 2 amide bonds. The zero-order valence-corrected chi connectivity index (χ0v) is 17.5. The molecule has 0 aliphatic carbocycles. The van der Waals surface area contributed by atoms with Crippen LogP contribution in [0.2, 0.25) is 5.02 Å². The minimum atomic E-state index is -0.711. The smallest absolute Gasteiger partial charge is 0.234 e. The largest absolute Gasteiger partial charge is 0.379 e. The minimum Gasteiger partial charge on any atom is -0.379 e. The van der Waals surface area contributed by atoms with E-state index in [1.54, 1.807) is 17.0 Å². The summed E-state index contributed by atoms with van der Waals surface area (Å²) in [7, 11) is 0. The SMILES string of the molecule is O=C(NCCCN1CCOCC1)[C@@H]1[C@H]2C(=O)N(c3ccc(Cl)cc3)C[C@@]23C=C[C@H]1O3. The van der Waals surface area contributed by atoms with Gasteiger partial charge >= 0.3 is 0 Å². The van der Waals surface area contributed by atoms with Crippen LogP contribution in [-0.2, 0) is 19.1 Å². The molecule has 3 fully saturated rings. The maximum Gasteiger partial charge on any atom is 0.234 e. The normalized spacial score (nSPS) is 32.6. The lowest BCUT2D eigenvalue weighted by Gasteiger charge is -2.27. The van der Waals surface area contributed by atoms with Gasteiger partial charge in [-0.1, -0.05) is 23.8 Å². The maximum absolute atomic E-state index is 13.3. The second-order valence-electron chi connectivity index (χ2n) is 8.40. The molecule has 1 spiro atoms. The monoisotopic (exact) mass is 431 g/mol. The standard InChI is InChI=1S/C22H26ClN3O4/c23-15-2-4-16(5-3-15)26-14-22-7-6-17(30-22)18(19(22)21(26)28)20(27)24-8-1-9-25-10-12-29-13-11-25/h2-7,17-19H,1,8-14H2,(H,24,27)/t17-,18+,19+,22+/m1/s1. The Kier molecular flexibility index (Phi) is 5.31. The molecule has 1 N–H and O–H groups in total. The lowest BCUT2D eigenvalue weighted by atomic mass is 9.77. The Morgan fingerprint density at radius 3 is 2.77 bits per heavy atom. The Balaban J connectivity index is 1.23. The van der Waals surface area contributed by atoms with Crippen molar-refractivity contribution in [1.82, 2.24) is 10.2 Å². The Morgan fingerprint density at radius 2 is 2.00 bits per heavy atom. The molecule has 4 atom stereocenters. The van der Waals surface area contributed by atoms with Crippen molar-refractivity contribution in [3.05, 3.63) is 41.4 Å². The average molecular weight is 432 g/mol. The van der Waals surface area contributed by atoms with Gasteiger partial charge in [0.2, 0.25) is 11.8 Å². The van der Waals surface area contributed by atoms with Crippen molar-refractivity contribution in [2.24, 2.45) is 11.8 Å².